The van der Waals surface area contributed by atoms with Crippen molar-refractivity contribution in [1.82, 2.24) is 5.32 Å². The van der Waals surface area contributed by atoms with Crippen molar-refractivity contribution in [2.24, 2.45) is 17.8 Å². The van der Waals surface area contributed by atoms with Crippen LogP contribution in [0.25, 0.3) is 10.8 Å². The summed E-state index contributed by atoms with van der Waals surface area (Å²) in [4.78, 5) is 42.3. The van der Waals surface area contributed by atoms with Crippen molar-refractivity contribution in [2.45, 2.75) is 25.4 Å². The van der Waals surface area contributed by atoms with E-state index in [0.29, 0.717) is 11.4 Å². The van der Waals surface area contributed by atoms with Gasteiger partial charge in [0.1, 0.15) is 5.54 Å². The van der Waals surface area contributed by atoms with Crippen LogP contribution in [0.3, 0.4) is 0 Å². The van der Waals surface area contributed by atoms with Gasteiger partial charge in [-0.15, -0.1) is 0 Å². The second-order valence-corrected chi connectivity index (χ2v) is 9.27. The van der Waals surface area contributed by atoms with Gasteiger partial charge < -0.3 is 5.32 Å². The van der Waals surface area contributed by atoms with Gasteiger partial charge in [0.2, 0.25) is 17.7 Å². The fourth-order valence-corrected chi connectivity index (χ4v) is 5.83. The molecule has 2 fully saturated rings. The molecule has 4 atom stereocenters. The SMILES string of the molecule is CC(C)C1NC2(C(=O)Nc3ccccc32)C2C(=O)N(c3ccc4ccccc4c3)C(=O)C12. The minimum Gasteiger partial charge on any atom is -0.324 e. The Morgan fingerprint density at radius 2 is 1.59 bits per heavy atom. The number of amides is 3. The second-order valence-electron chi connectivity index (χ2n) is 9.27. The standard InChI is InChI=1S/C26H23N3O3/c1-14(2)22-20-21(26(28-22)18-9-5-6-10-19(18)27-25(26)32)24(31)29(23(20)30)17-12-11-15-7-3-4-8-16(15)13-17/h3-14,20-22,28H,1-2H3,(H,27,32). The summed E-state index contributed by atoms with van der Waals surface area (Å²) < 4.78 is 0. The first-order chi connectivity index (χ1) is 15.4. The Kier molecular flexibility index (Phi) is 3.90. The van der Waals surface area contributed by atoms with Crippen LogP contribution in [0, 0.1) is 17.8 Å². The van der Waals surface area contributed by atoms with Crippen LogP contribution in [-0.2, 0) is 19.9 Å². The van der Waals surface area contributed by atoms with E-state index in [0.717, 1.165) is 16.3 Å². The first-order valence-corrected chi connectivity index (χ1v) is 11.0. The predicted octanol–water partition coefficient (Wildman–Crippen LogP) is 3.42. The van der Waals surface area contributed by atoms with E-state index in [1.54, 1.807) is 0 Å². The molecule has 160 valence electrons. The van der Waals surface area contributed by atoms with Crippen molar-refractivity contribution < 1.29 is 14.4 Å². The van der Waals surface area contributed by atoms with Gasteiger partial charge in [-0.25, -0.2) is 4.90 Å². The number of anilines is 2. The number of carbonyl (C=O) groups excluding carboxylic acids is 3. The molecule has 4 unspecified atom stereocenters. The molecule has 6 nitrogen and oxygen atoms in total. The van der Waals surface area contributed by atoms with E-state index in [1.165, 1.54) is 4.90 Å². The first-order valence-electron chi connectivity index (χ1n) is 11.0. The number of nitrogens with zero attached hydrogens (tertiary/aromatic N) is 1. The lowest BCUT2D eigenvalue weighted by atomic mass is 9.76. The molecule has 32 heavy (non-hydrogen) atoms. The molecule has 0 bridgehead atoms. The zero-order valence-corrected chi connectivity index (χ0v) is 17.8. The van der Waals surface area contributed by atoms with Gasteiger partial charge in [-0.3, -0.25) is 19.7 Å². The van der Waals surface area contributed by atoms with Crippen LogP contribution < -0.4 is 15.5 Å². The molecule has 3 amide bonds. The number of hydrogen-bond donors (Lipinski definition) is 2. The van der Waals surface area contributed by atoms with Crippen LogP contribution in [0.15, 0.2) is 66.7 Å². The highest BCUT2D eigenvalue weighted by Gasteiger charge is 2.70. The fraction of sp³-hybridized carbons (Fsp3) is 0.269. The molecule has 0 saturated carbocycles. The summed E-state index contributed by atoms with van der Waals surface area (Å²) in [7, 11) is 0. The number of fused-ring (bicyclic) bond motifs is 5. The number of carbonyl (C=O) groups is 3. The third-order valence-corrected chi connectivity index (χ3v) is 7.27. The van der Waals surface area contributed by atoms with E-state index in [1.807, 2.05) is 80.6 Å². The number of hydrogen-bond acceptors (Lipinski definition) is 4. The summed E-state index contributed by atoms with van der Waals surface area (Å²) in [6.45, 7) is 4.03. The molecular weight excluding hydrogens is 402 g/mol. The van der Waals surface area contributed by atoms with Crippen LogP contribution in [0.4, 0.5) is 11.4 Å². The summed E-state index contributed by atoms with van der Waals surface area (Å²) in [5.41, 5.74) is 0.744. The predicted molar refractivity (Wildman–Crippen MR) is 122 cm³/mol. The second kappa shape index (κ2) is 6.50. The topological polar surface area (TPSA) is 78.5 Å². The number of para-hydroxylation sites is 1. The van der Waals surface area contributed by atoms with Crippen molar-refractivity contribution in [3.05, 3.63) is 72.3 Å². The van der Waals surface area contributed by atoms with Crippen molar-refractivity contribution in [1.29, 1.82) is 0 Å². The molecule has 3 aliphatic rings. The normalized spacial score (nSPS) is 28.7. The lowest BCUT2D eigenvalue weighted by molar-refractivity contribution is -0.130. The third-order valence-electron chi connectivity index (χ3n) is 7.27. The van der Waals surface area contributed by atoms with Gasteiger partial charge in [0, 0.05) is 17.3 Å². The van der Waals surface area contributed by atoms with Crippen LogP contribution in [-0.4, -0.2) is 23.8 Å². The zero-order valence-electron chi connectivity index (χ0n) is 17.8. The molecular formula is C26H23N3O3. The smallest absolute Gasteiger partial charge is 0.250 e. The Labute approximate surface area is 185 Å². The number of imide groups is 1. The molecule has 3 heterocycles. The summed E-state index contributed by atoms with van der Waals surface area (Å²) in [5.74, 6) is -2.16. The number of benzene rings is 3. The van der Waals surface area contributed by atoms with Gasteiger partial charge in [-0.1, -0.05) is 62.4 Å². The number of rotatable bonds is 2. The van der Waals surface area contributed by atoms with E-state index >= 15 is 0 Å². The van der Waals surface area contributed by atoms with Crippen LogP contribution >= 0.6 is 0 Å². The van der Waals surface area contributed by atoms with E-state index in [-0.39, 0.29) is 29.7 Å². The molecule has 3 aromatic rings. The van der Waals surface area contributed by atoms with Gasteiger partial charge in [0.15, 0.2) is 0 Å². The zero-order chi connectivity index (χ0) is 22.2. The summed E-state index contributed by atoms with van der Waals surface area (Å²) in [5, 5.41) is 8.39. The Hall–Kier alpha value is -3.51. The highest BCUT2D eigenvalue weighted by molar-refractivity contribution is 6.26. The van der Waals surface area contributed by atoms with Gasteiger partial charge in [0.25, 0.3) is 0 Å². The maximum Gasteiger partial charge on any atom is 0.250 e. The molecule has 3 aliphatic heterocycles. The van der Waals surface area contributed by atoms with Crippen LogP contribution in [0.1, 0.15) is 19.4 Å². The van der Waals surface area contributed by atoms with Crippen molar-refractivity contribution in [2.75, 3.05) is 10.2 Å². The Bertz CT molecular complexity index is 1320. The quantitative estimate of drug-likeness (QED) is 0.617. The van der Waals surface area contributed by atoms with E-state index in [9.17, 15) is 14.4 Å². The highest BCUT2D eigenvalue weighted by Crippen LogP contribution is 2.54. The Morgan fingerprint density at radius 1 is 0.875 bits per heavy atom. The van der Waals surface area contributed by atoms with Gasteiger partial charge in [-0.05, 0) is 34.9 Å². The van der Waals surface area contributed by atoms with Crippen molar-refractivity contribution in [3.8, 4) is 0 Å². The van der Waals surface area contributed by atoms with Crippen LogP contribution in [0.5, 0.6) is 0 Å². The monoisotopic (exact) mass is 425 g/mol. The largest absolute Gasteiger partial charge is 0.324 e. The van der Waals surface area contributed by atoms with Crippen molar-refractivity contribution >= 4 is 39.9 Å². The van der Waals surface area contributed by atoms with Gasteiger partial charge >= 0.3 is 0 Å². The third kappa shape index (κ3) is 2.30. The lowest BCUT2D eigenvalue weighted by Crippen LogP contribution is -2.54. The molecule has 0 aromatic heterocycles. The molecule has 0 aliphatic carbocycles. The maximum absolute atomic E-state index is 13.9. The van der Waals surface area contributed by atoms with Crippen LogP contribution in [0.2, 0.25) is 0 Å². The average molecular weight is 425 g/mol. The molecule has 2 N–H and O–H groups in total. The average Bonchev–Trinajstić information content (AvgIpc) is 3.38. The summed E-state index contributed by atoms with van der Waals surface area (Å²) in [6.07, 6.45) is 0. The lowest BCUT2D eigenvalue weighted by Gasteiger charge is -2.30. The Balaban J connectivity index is 1.52. The number of nitrogens with one attached hydrogen (secondary N) is 2. The first kappa shape index (κ1) is 19.2. The molecule has 1 spiro atoms. The van der Waals surface area contributed by atoms with E-state index in [2.05, 4.69) is 10.6 Å². The highest BCUT2D eigenvalue weighted by atomic mass is 16.2. The Morgan fingerprint density at radius 3 is 2.38 bits per heavy atom. The van der Waals surface area contributed by atoms with Gasteiger partial charge in [-0.2, -0.15) is 0 Å². The molecule has 3 aromatic carbocycles. The molecule has 2 saturated heterocycles. The van der Waals surface area contributed by atoms with Crippen molar-refractivity contribution in [3.63, 3.8) is 0 Å². The van der Waals surface area contributed by atoms with Gasteiger partial charge in [0.05, 0.1) is 17.5 Å². The molecule has 6 rings (SSSR count). The fourth-order valence-electron chi connectivity index (χ4n) is 5.83. The molecule has 6 heteroatoms. The summed E-state index contributed by atoms with van der Waals surface area (Å²) >= 11 is 0. The minimum absolute atomic E-state index is 0.0655. The minimum atomic E-state index is -1.24. The molecule has 0 radical (unpaired) electrons. The van der Waals surface area contributed by atoms with E-state index in [4.69, 9.17) is 0 Å². The van der Waals surface area contributed by atoms with E-state index < -0.39 is 17.4 Å². The summed E-state index contributed by atoms with van der Waals surface area (Å²) in [6, 6.07) is 20.6. The maximum atomic E-state index is 13.9.